The fourth-order valence-corrected chi connectivity index (χ4v) is 4.64. The minimum absolute atomic E-state index is 0.00822. The summed E-state index contributed by atoms with van der Waals surface area (Å²) in [7, 11) is -0.419. The van der Waals surface area contributed by atoms with Gasteiger partial charge in [0.1, 0.15) is 11.3 Å². The van der Waals surface area contributed by atoms with E-state index in [0.717, 1.165) is 26.7 Å². The molecule has 0 amide bonds. The van der Waals surface area contributed by atoms with E-state index < -0.39 is 15.6 Å². The van der Waals surface area contributed by atoms with Gasteiger partial charge in [0.15, 0.2) is 0 Å². The van der Waals surface area contributed by atoms with Crippen LogP contribution in [-0.2, 0) is 22.0 Å². The maximum Gasteiger partial charge on any atom is 0.239 e. The SMILES string of the molecule is COc1ccccc1Cc1cccc([C@]2(C)CS(=O)(=O)N(C)C(N)=N2)c1. The Morgan fingerprint density at radius 2 is 1.96 bits per heavy atom. The maximum atomic E-state index is 12.4. The number of nitrogens with two attached hydrogens (primary N) is 1. The topological polar surface area (TPSA) is 85.0 Å². The summed E-state index contributed by atoms with van der Waals surface area (Å²) in [5.41, 5.74) is 7.88. The molecule has 0 saturated heterocycles. The summed E-state index contributed by atoms with van der Waals surface area (Å²) < 4.78 is 31.2. The van der Waals surface area contributed by atoms with E-state index >= 15 is 0 Å². The van der Waals surface area contributed by atoms with Crippen LogP contribution in [0.5, 0.6) is 5.75 Å². The lowest BCUT2D eigenvalue weighted by molar-refractivity contribution is 0.410. The number of methoxy groups -OCH3 is 1. The fraction of sp³-hybridized carbons (Fsp3) is 0.316. The monoisotopic (exact) mass is 373 g/mol. The number of hydrogen-bond acceptors (Lipinski definition) is 5. The molecule has 138 valence electrons. The van der Waals surface area contributed by atoms with E-state index in [1.54, 1.807) is 14.0 Å². The van der Waals surface area contributed by atoms with Crippen molar-refractivity contribution in [2.75, 3.05) is 19.9 Å². The lowest BCUT2D eigenvalue weighted by Crippen LogP contribution is -2.50. The molecule has 6 nitrogen and oxygen atoms in total. The molecule has 26 heavy (non-hydrogen) atoms. The highest BCUT2D eigenvalue weighted by Crippen LogP contribution is 2.32. The maximum absolute atomic E-state index is 12.4. The number of nitrogens with zero attached hydrogens (tertiary/aromatic N) is 2. The van der Waals surface area contributed by atoms with Gasteiger partial charge in [-0.2, -0.15) is 0 Å². The van der Waals surface area contributed by atoms with Crippen molar-refractivity contribution in [1.29, 1.82) is 0 Å². The van der Waals surface area contributed by atoms with Crippen LogP contribution in [0.3, 0.4) is 0 Å². The van der Waals surface area contributed by atoms with E-state index in [-0.39, 0.29) is 11.7 Å². The molecule has 0 bridgehead atoms. The quantitative estimate of drug-likeness (QED) is 0.889. The van der Waals surface area contributed by atoms with Crippen LogP contribution in [0.15, 0.2) is 53.5 Å². The van der Waals surface area contributed by atoms with Gasteiger partial charge in [0.2, 0.25) is 16.0 Å². The van der Waals surface area contributed by atoms with Gasteiger partial charge in [-0.15, -0.1) is 0 Å². The summed E-state index contributed by atoms with van der Waals surface area (Å²) in [6, 6.07) is 15.7. The molecule has 0 spiro atoms. The highest BCUT2D eigenvalue weighted by atomic mass is 32.2. The summed E-state index contributed by atoms with van der Waals surface area (Å²) in [4.78, 5) is 4.46. The lowest BCUT2D eigenvalue weighted by Gasteiger charge is -2.34. The summed E-state index contributed by atoms with van der Waals surface area (Å²) in [6.45, 7) is 1.80. The zero-order valence-corrected chi connectivity index (χ0v) is 16.0. The molecule has 0 aliphatic carbocycles. The predicted octanol–water partition coefficient (Wildman–Crippen LogP) is 2.09. The van der Waals surface area contributed by atoms with Crippen LogP contribution in [0.25, 0.3) is 0 Å². The molecule has 2 aromatic rings. The molecule has 1 aliphatic heterocycles. The Morgan fingerprint density at radius 1 is 1.23 bits per heavy atom. The van der Waals surface area contributed by atoms with Crippen molar-refractivity contribution in [3.63, 3.8) is 0 Å². The number of sulfonamides is 1. The molecule has 2 aromatic carbocycles. The number of aliphatic imine (C=N–C) groups is 1. The largest absolute Gasteiger partial charge is 0.496 e. The zero-order valence-electron chi connectivity index (χ0n) is 15.1. The van der Waals surface area contributed by atoms with Gasteiger partial charge >= 0.3 is 0 Å². The first kappa shape index (κ1) is 18.3. The number of rotatable bonds is 4. The van der Waals surface area contributed by atoms with E-state index in [2.05, 4.69) is 4.99 Å². The zero-order chi connectivity index (χ0) is 18.9. The smallest absolute Gasteiger partial charge is 0.239 e. The summed E-state index contributed by atoms with van der Waals surface area (Å²) >= 11 is 0. The molecule has 1 heterocycles. The first-order chi connectivity index (χ1) is 12.2. The van der Waals surface area contributed by atoms with Crippen LogP contribution in [0, 0.1) is 0 Å². The van der Waals surface area contributed by atoms with E-state index in [1.807, 2.05) is 48.5 Å². The third kappa shape index (κ3) is 3.39. The van der Waals surface area contributed by atoms with Crippen LogP contribution in [0.1, 0.15) is 23.6 Å². The molecular formula is C19H23N3O3S. The number of hydrogen-bond donors (Lipinski definition) is 1. The number of benzene rings is 2. The van der Waals surface area contributed by atoms with Crippen molar-refractivity contribution < 1.29 is 13.2 Å². The highest BCUT2D eigenvalue weighted by molar-refractivity contribution is 7.89. The van der Waals surface area contributed by atoms with Gasteiger partial charge in [-0.1, -0.05) is 42.5 Å². The van der Waals surface area contributed by atoms with Gasteiger partial charge in [-0.05, 0) is 29.7 Å². The van der Waals surface area contributed by atoms with Gasteiger partial charge in [0, 0.05) is 13.5 Å². The molecule has 0 fully saturated rings. The molecule has 0 aromatic heterocycles. The fourth-order valence-electron chi connectivity index (χ4n) is 3.18. The molecule has 1 atom stereocenters. The molecule has 1 aliphatic rings. The third-order valence-electron chi connectivity index (χ3n) is 4.70. The van der Waals surface area contributed by atoms with E-state index in [0.29, 0.717) is 6.42 Å². The number of guanidine groups is 1. The van der Waals surface area contributed by atoms with Crippen LogP contribution in [-0.4, -0.2) is 38.6 Å². The van der Waals surface area contributed by atoms with Crippen molar-refractivity contribution in [3.8, 4) is 5.75 Å². The normalized spacial score (nSPS) is 22.0. The Bertz CT molecular complexity index is 956. The number of para-hydroxylation sites is 1. The first-order valence-corrected chi connectivity index (χ1v) is 9.89. The van der Waals surface area contributed by atoms with Gasteiger partial charge in [-0.25, -0.2) is 17.7 Å². The molecule has 0 radical (unpaired) electrons. The second kappa shape index (κ2) is 6.64. The third-order valence-corrected chi connectivity index (χ3v) is 6.65. The Kier molecular flexibility index (Phi) is 4.66. The highest BCUT2D eigenvalue weighted by Gasteiger charge is 2.40. The predicted molar refractivity (Wildman–Crippen MR) is 103 cm³/mol. The van der Waals surface area contributed by atoms with E-state index in [1.165, 1.54) is 7.05 Å². The minimum Gasteiger partial charge on any atom is -0.496 e. The van der Waals surface area contributed by atoms with Crippen LogP contribution < -0.4 is 10.5 Å². The summed E-state index contributed by atoms with van der Waals surface area (Å²) in [6.07, 6.45) is 0.680. The summed E-state index contributed by atoms with van der Waals surface area (Å²) in [5, 5.41) is 0. The van der Waals surface area contributed by atoms with Gasteiger partial charge in [0.05, 0.1) is 12.9 Å². The molecular weight excluding hydrogens is 350 g/mol. The summed E-state index contributed by atoms with van der Waals surface area (Å²) in [5.74, 6) is 0.720. The van der Waals surface area contributed by atoms with E-state index in [4.69, 9.17) is 10.5 Å². The van der Waals surface area contributed by atoms with Crippen molar-refractivity contribution in [2.45, 2.75) is 18.9 Å². The molecule has 3 rings (SSSR count). The van der Waals surface area contributed by atoms with Crippen molar-refractivity contribution in [3.05, 3.63) is 65.2 Å². The second-order valence-electron chi connectivity index (χ2n) is 6.66. The lowest BCUT2D eigenvalue weighted by atomic mass is 9.91. The van der Waals surface area contributed by atoms with Crippen molar-refractivity contribution in [2.24, 2.45) is 10.7 Å². The Hall–Kier alpha value is -2.54. The molecule has 2 N–H and O–H groups in total. The van der Waals surface area contributed by atoms with Crippen LogP contribution in [0.4, 0.5) is 0 Å². The first-order valence-electron chi connectivity index (χ1n) is 8.28. The Morgan fingerprint density at radius 3 is 2.65 bits per heavy atom. The van der Waals surface area contributed by atoms with Gasteiger partial charge in [-0.3, -0.25) is 0 Å². The minimum atomic E-state index is -3.49. The average molecular weight is 373 g/mol. The molecule has 0 saturated carbocycles. The van der Waals surface area contributed by atoms with Crippen LogP contribution in [0.2, 0.25) is 0 Å². The van der Waals surface area contributed by atoms with E-state index in [9.17, 15) is 8.42 Å². The second-order valence-corrected chi connectivity index (χ2v) is 8.66. The number of ether oxygens (including phenoxy) is 1. The Balaban J connectivity index is 1.97. The average Bonchev–Trinajstić information content (AvgIpc) is 2.60. The van der Waals surface area contributed by atoms with Gasteiger partial charge in [0.25, 0.3) is 0 Å². The van der Waals surface area contributed by atoms with Crippen LogP contribution >= 0.6 is 0 Å². The molecule has 0 unspecified atom stereocenters. The van der Waals surface area contributed by atoms with Gasteiger partial charge < -0.3 is 10.5 Å². The Labute approximate surface area is 154 Å². The van der Waals surface area contributed by atoms with Crippen molar-refractivity contribution in [1.82, 2.24) is 4.31 Å². The van der Waals surface area contributed by atoms with Crippen molar-refractivity contribution >= 4 is 16.0 Å². The standard InChI is InChI=1S/C19H23N3O3S/c1-19(13-26(23,24)22(2)18(20)21-19)16-9-6-7-14(12-16)11-15-8-4-5-10-17(15)25-3/h4-10,12H,11,13H2,1-3H3,(H2,20,21)/t19-/m0/s1. The molecule has 7 heteroatoms.